The van der Waals surface area contributed by atoms with E-state index in [1.54, 1.807) is 4.68 Å². The van der Waals surface area contributed by atoms with Crippen LogP contribution in [0.1, 0.15) is 25.7 Å². The molecule has 1 aliphatic heterocycles. The van der Waals surface area contributed by atoms with Crippen LogP contribution in [0.5, 0.6) is 11.5 Å². The molecule has 1 saturated heterocycles. The topological polar surface area (TPSA) is 114 Å². The number of anilines is 1. The van der Waals surface area contributed by atoms with Crippen LogP contribution in [-0.4, -0.2) is 55.6 Å². The van der Waals surface area contributed by atoms with Gasteiger partial charge in [-0.3, -0.25) is 4.79 Å². The third-order valence-electron chi connectivity index (χ3n) is 6.36. The quantitative estimate of drug-likeness (QED) is 0.582. The van der Waals surface area contributed by atoms with Gasteiger partial charge < -0.3 is 19.8 Å². The number of aliphatic hydroxyl groups is 1. The average molecular weight is 435 g/mol. The normalized spacial score (nSPS) is 23.2. The van der Waals surface area contributed by atoms with Crippen molar-refractivity contribution in [1.29, 1.82) is 0 Å². The molecule has 3 aromatic rings. The Hall–Kier alpha value is -3.46. The van der Waals surface area contributed by atoms with Crippen LogP contribution < -0.4 is 9.64 Å². The summed E-state index contributed by atoms with van der Waals surface area (Å²) >= 11 is 0. The van der Waals surface area contributed by atoms with Crippen molar-refractivity contribution in [3.8, 4) is 17.2 Å². The molecular formula is C23H25N5O4. The molecular weight excluding hydrogens is 410 g/mol. The van der Waals surface area contributed by atoms with Gasteiger partial charge in [0.1, 0.15) is 16.9 Å². The summed E-state index contributed by atoms with van der Waals surface area (Å²) in [4.78, 5) is 14.1. The van der Waals surface area contributed by atoms with Gasteiger partial charge in [-0.1, -0.05) is 36.1 Å². The number of hydrogen-bond donors (Lipinski definition) is 2. The zero-order chi connectivity index (χ0) is 22.1. The number of aromatic nitrogens is 4. The number of benzene rings is 2. The molecule has 0 spiro atoms. The van der Waals surface area contributed by atoms with Crippen molar-refractivity contribution in [3.63, 3.8) is 0 Å². The molecule has 1 aromatic heterocycles. The van der Waals surface area contributed by atoms with Crippen molar-refractivity contribution < 1.29 is 19.7 Å². The molecule has 0 unspecified atom stereocenters. The third kappa shape index (κ3) is 3.91. The van der Waals surface area contributed by atoms with E-state index in [2.05, 4.69) is 15.5 Å². The lowest BCUT2D eigenvalue weighted by Gasteiger charge is -2.43. The number of piperidine rings is 1. The van der Waals surface area contributed by atoms with E-state index in [0.29, 0.717) is 37.0 Å². The van der Waals surface area contributed by atoms with Crippen molar-refractivity contribution in [2.45, 2.75) is 31.8 Å². The zero-order valence-corrected chi connectivity index (χ0v) is 17.5. The molecule has 0 radical (unpaired) electrons. The minimum atomic E-state index is -1.20. The van der Waals surface area contributed by atoms with Gasteiger partial charge in [0.2, 0.25) is 5.95 Å². The van der Waals surface area contributed by atoms with Gasteiger partial charge in [-0.05, 0) is 65.6 Å². The van der Waals surface area contributed by atoms with Gasteiger partial charge in [0.05, 0.1) is 11.8 Å². The first-order valence-electron chi connectivity index (χ1n) is 10.8. The van der Waals surface area contributed by atoms with Gasteiger partial charge in [-0.2, -0.15) is 4.68 Å². The summed E-state index contributed by atoms with van der Waals surface area (Å²) in [6.45, 7) is 0.659. The van der Waals surface area contributed by atoms with Crippen LogP contribution in [0.25, 0.3) is 5.69 Å². The Kier molecular flexibility index (Phi) is 5.26. The van der Waals surface area contributed by atoms with Gasteiger partial charge in [0.25, 0.3) is 0 Å². The number of tetrazole rings is 1. The number of rotatable bonds is 7. The van der Waals surface area contributed by atoms with E-state index < -0.39 is 17.5 Å². The molecule has 9 heteroatoms. The Morgan fingerprint density at radius 2 is 1.78 bits per heavy atom. The summed E-state index contributed by atoms with van der Waals surface area (Å²) in [6, 6.07) is 16.9. The predicted octanol–water partition coefficient (Wildman–Crippen LogP) is 2.90. The summed E-state index contributed by atoms with van der Waals surface area (Å²) in [6.07, 6.45) is 2.01. The van der Waals surface area contributed by atoms with Crippen LogP contribution >= 0.6 is 0 Å². The van der Waals surface area contributed by atoms with E-state index in [4.69, 9.17) is 4.74 Å². The van der Waals surface area contributed by atoms with E-state index >= 15 is 0 Å². The number of hydrogen-bond acceptors (Lipinski definition) is 7. The molecule has 9 nitrogen and oxygen atoms in total. The van der Waals surface area contributed by atoms with Crippen molar-refractivity contribution in [3.05, 3.63) is 54.6 Å². The summed E-state index contributed by atoms with van der Waals surface area (Å²) in [5.41, 5.74) is -0.469. The largest absolute Gasteiger partial charge is 0.481 e. The maximum atomic E-state index is 12.2. The Morgan fingerprint density at radius 1 is 1.06 bits per heavy atom. The lowest BCUT2D eigenvalue weighted by Crippen LogP contribution is -2.56. The molecule has 2 heterocycles. The fourth-order valence-corrected chi connectivity index (χ4v) is 4.41. The lowest BCUT2D eigenvalue weighted by atomic mass is 9.73. The first-order valence-corrected chi connectivity index (χ1v) is 10.8. The fourth-order valence-electron chi connectivity index (χ4n) is 4.41. The second kappa shape index (κ2) is 8.23. The van der Waals surface area contributed by atoms with E-state index in [9.17, 15) is 15.0 Å². The van der Waals surface area contributed by atoms with Gasteiger partial charge in [-0.25, -0.2) is 0 Å². The Labute approximate surface area is 185 Å². The molecule has 1 saturated carbocycles. The molecule has 166 valence electrons. The Morgan fingerprint density at radius 3 is 2.47 bits per heavy atom. The molecule has 2 atom stereocenters. The molecule has 2 fully saturated rings. The first-order chi connectivity index (χ1) is 15.5. The lowest BCUT2D eigenvalue weighted by molar-refractivity contribution is -0.158. The van der Waals surface area contributed by atoms with Crippen LogP contribution in [0.2, 0.25) is 0 Å². The predicted molar refractivity (Wildman–Crippen MR) is 116 cm³/mol. The second-order valence-corrected chi connectivity index (χ2v) is 8.63. The number of carboxylic acid groups (broad SMARTS) is 1. The minimum absolute atomic E-state index is 0.176. The molecule has 32 heavy (non-hydrogen) atoms. The first kappa shape index (κ1) is 20.4. The fraction of sp³-hybridized carbons (Fsp3) is 0.391. The van der Waals surface area contributed by atoms with Gasteiger partial charge in [-0.15, -0.1) is 0 Å². The van der Waals surface area contributed by atoms with Gasteiger partial charge in [0.15, 0.2) is 0 Å². The van der Waals surface area contributed by atoms with Crippen molar-refractivity contribution in [2.75, 3.05) is 18.0 Å². The van der Waals surface area contributed by atoms with Crippen LogP contribution in [0.15, 0.2) is 54.6 Å². The number of para-hydroxylation sites is 1. The smallest absolute Gasteiger partial charge is 0.314 e. The molecule has 0 bridgehead atoms. The molecule has 5 rings (SSSR count). The molecule has 2 aromatic carbocycles. The van der Waals surface area contributed by atoms with E-state index in [1.807, 2.05) is 59.5 Å². The van der Waals surface area contributed by atoms with Crippen LogP contribution in [0, 0.1) is 11.3 Å². The number of nitrogens with zero attached hydrogens (tertiary/aromatic N) is 5. The molecule has 2 aliphatic rings. The van der Waals surface area contributed by atoms with Crippen LogP contribution in [0.3, 0.4) is 0 Å². The summed E-state index contributed by atoms with van der Waals surface area (Å²) in [5.74, 6) is 1.31. The monoisotopic (exact) mass is 435 g/mol. The SMILES string of the molecule is O=C(O)[C@@]1(CC2CC2)CN(c2nnnn2-c2ccc(Oc3ccccc3)cc2)CC[C@@H]1O. The highest BCUT2D eigenvalue weighted by Gasteiger charge is 2.52. The van der Waals surface area contributed by atoms with E-state index in [0.717, 1.165) is 24.3 Å². The van der Waals surface area contributed by atoms with Crippen LogP contribution in [0.4, 0.5) is 5.95 Å². The van der Waals surface area contributed by atoms with E-state index in [1.165, 1.54) is 0 Å². The Bertz CT molecular complexity index is 1080. The van der Waals surface area contributed by atoms with Crippen molar-refractivity contribution in [2.24, 2.45) is 11.3 Å². The highest BCUT2D eigenvalue weighted by atomic mass is 16.5. The van der Waals surface area contributed by atoms with Gasteiger partial charge >= 0.3 is 5.97 Å². The summed E-state index contributed by atoms with van der Waals surface area (Å²) in [7, 11) is 0. The maximum Gasteiger partial charge on any atom is 0.314 e. The highest BCUT2D eigenvalue weighted by molar-refractivity contribution is 5.77. The van der Waals surface area contributed by atoms with Crippen LogP contribution in [-0.2, 0) is 4.79 Å². The zero-order valence-electron chi connectivity index (χ0n) is 17.5. The highest BCUT2D eigenvalue weighted by Crippen LogP contribution is 2.45. The molecule has 0 amide bonds. The van der Waals surface area contributed by atoms with Crippen molar-refractivity contribution >= 4 is 11.9 Å². The number of carbonyl (C=O) groups is 1. The maximum absolute atomic E-state index is 12.2. The standard InChI is InChI=1S/C23H25N5O4/c29-20-12-13-27(15-23(20,21(30)31)14-16-6-7-16)22-24-25-26-28(22)17-8-10-19(11-9-17)32-18-4-2-1-3-5-18/h1-5,8-11,16,20,29H,6-7,12-15H2,(H,30,31)/t20-,23-/m0/s1. The summed E-state index contributed by atoms with van der Waals surface area (Å²) < 4.78 is 7.43. The molecule has 2 N–H and O–H groups in total. The van der Waals surface area contributed by atoms with Gasteiger partial charge in [0, 0.05) is 13.1 Å². The second-order valence-electron chi connectivity index (χ2n) is 8.63. The molecule has 1 aliphatic carbocycles. The number of aliphatic hydroxyl groups excluding tert-OH is 1. The number of ether oxygens (including phenoxy) is 1. The minimum Gasteiger partial charge on any atom is -0.481 e. The van der Waals surface area contributed by atoms with E-state index in [-0.39, 0.29) is 6.54 Å². The Balaban J connectivity index is 1.38. The van der Waals surface area contributed by atoms with Crippen molar-refractivity contribution in [1.82, 2.24) is 20.2 Å². The number of aliphatic carboxylic acids is 1. The average Bonchev–Trinajstić information content (AvgIpc) is 3.48. The summed E-state index contributed by atoms with van der Waals surface area (Å²) in [5, 5.41) is 32.8. The third-order valence-corrected chi connectivity index (χ3v) is 6.36. The number of carboxylic acids is 1.